The molecule has 144 valence electrons. The van der Waals surface area contributed by atoms with Crippen LogP contribution in [0.15, 0.2) is 35.2 Å². The van der Waals surface area contributed by atoms with Crippen LogP contribution in [0, 0.1) is 0 Å². The first-order valence-corrected chi connectivity index (χ1v) is 12.2. The van der Waals surface area contributed by atoms with Gasteiger partial charge < -0.3 is 4.90 Å². The van der Waals surface area contributed by atoms with Crippen LogP contribution in [0.2, 0.25) is 0 Å². The van der Waals surface area contributed by atoms with E-state index in [4.69, 9.17) is 0 Å². The van der Waals surface area contributed by atoms with Crippen LogP contribution < -0.4 is 0 Å². The predicted octanol–water partition coefficient (Wildman–Crippen LogP) is 0.180. The van der Waals surface area contributed by atoms with Crippen molar-refractivity contribution >= 4 is 25.6 Å². The Morgan fingerprint density at radius 1 is 1.12 bits per heavy atom. The number of nitrogens with zero attached hydrogens (tertiary/aromatic N) is 2. The Morgan fingerprint density at radius 2 is 1.77 bits per heavy atom. The van der Waals surface area contributed by atoms with Gasteiger partial charge in [0.2, 0.25) is 5.91 Å². The van der Waals surface area contributed by atoms with Crippen molar-refractivity contribution in [3.63, 3.8) is 0 Å². The lowest BCUT2D eigenvalue weighted by atomic mass is 10.0. The van der Waals surface area contributed by atoms with E-state index in [0.29, 0.717) is 13.1 Å². The van der Waals surface area contributed by atoms with Gasteiger partial charge >= 0.3 is 0 Å². The molecular weight excluding hydrogens is 376 g/mol. The van der Waals surface area contributed by atoms with E-state index in [1.165, 1.54) is 12.1 Å². The van der Waals surface area contributed by atoms with Gasteiger partial charge in [0, 0.05) is 25.6 Å². The lowest BCUT2D eigenvalue weighted by Crippen LogP contribution is -2.60. The molecule has 9 heteroatoms. The summed E-state index contributed by atoms with van der Waals surface area (Å²) < 4.78 is 48.9. The van der Waals surface area contributed by atoms with Crippen LogP contribution in [0.5, 0.6) is 0 Å². The minimum atomic E-state index is -3.53. The van der Waals surface area contributed by atoms with E-state index in [1.807, 2.05) is 6.92 Å². The standard InChI is InChI=1S/C17H24N2O5S2/c1-2-18-9-10-19(16-13-25(21,22)12-15(16)18)17(20)8-11-26(23,24)14-6-4-3-5-7-14/h3-7,15-16H,2,8-13H2,1H3/t15-,16+/m1/s1. The van der Waals surface area contributed by atoms with Gasteiger partial charge in [0.05, 0.1) is 28.2 Å². The summed E-state index contributed by atoms with van der Waals surface area (Å²) in [6.45, 7) is 3.77. The molecule has 7 nitrogen and oxygen atoms in total. The summed E-state index contributed by atoms with van der Waals surface area (Å²) in [5.74, 6) is -0.524. The normalized spacial score (nSPS) is 25.8. The molecule has 2 saturated heterocycles. The average molecular weight is 401 g/mol. The molecule has 2 aliphatic heterocycles. The van der Waals surface area contributed by atoms with E-state index in [-0.39, 0.29) is 46.6 Å². The predicted molar refractivity (Wildman–Crippen MR) is 98.3 cm³/mol. The maximum absolute atomic E-state index is 12.7. The molecule has 0 N–H and O–H groups in total. The highest BCUT2D eigenvalue weighted by Gasteiger charge is 2.47. The molecule has 0 bridgehead atoms. The smallest absolute Gasteiger partial charge is 0.223 e. The summed E-state index contributed by atoms with van der Waals surface area (Å²) in [6, 6.07) is 7.49. The fourth-order valence-electron chi connectivity index (χ4n) is 3.84. The Bertz CT molecular complexity index is 868. The molecule has 0 saturated carbocycles. The molecule has 0 radical (unpaired) electrons. The van der Waals surface area contributed by atoms with Gasteiger partial charge in [-0.15, -0.1) is 0 Å². The van der Waals surface area contributed by atoms with Crippen molar-refractivity contribution in [2.75, 3.05) is 36.9 Å². The molecule has 0 spiro atoms. The van der Waals surface area contributed by atoms with Crippen molar-refractivity contribution in [2.45, 2.75) is 30.3 Å². The Hall–Kier alpha value is -1.45. The van der Waals surface area contributed by atoms with Crippen molar-refractivity contribution in [3.8, 4) is 0 Å². The van der Waals surface area contributed by atoms with Gasteiger partial charge in [0.15, 0.2) is 19.7 Å². The topological polar surface area (TPSA) is 91.8 Å². The highest BCUT2D eigenvalue weighted by Crippen LogP contribution is 2.27. The molecule has 3 rings (SSSR count). The Morgan fingerprint density at radius 3 is 2.42 bits per heavy atom. The van der Waals surface area contributed by atoms with E-state index in [0.717, 1.165) is 6.54 Å². The third-order valence-electron chi connectivity index (χ3n) is 5.20. The average Bonchev–Trinajstić information content (AvgIpc) is 2.94. The van der Waals surface area contributed by atoms with Gasteiger partial charge in [-0.1, -0.05) is 25.1 Å². The van der Waals surface area contributed by atoms with Crippen molar-refractivity contribution in [3.05, 3.63) is 30.3 Å². The first-order valence-electron chi connectivity index (χ1n) is 8.75. The van der Waals surface area contributed by atoms with Crippen LogP contribution in [0.3, 0.4) is 0 Å². The zero-order chi connectivity index (χ0) is 18.9. The van der Waals surface area contributed by atoms with E-state index < -0.39 is 19.7 Å². The van der Waals surface area contributed by atoms with Gasteiger partial charge in [-0.05, 0) is 18.7 Å². The first kappa shape index (κ1) is 19.3. The molecular formula is C17H24N2O5S2. The number of rotatable bonds is 5. The number of likely N-dealkylation sites (N-methyl/N-ethyl adjacent to an activating group) is 1. The Kier molecular flexibility index (Phi) is 5.41. The molecule has 2 heterocycles. The summed E-state index contributed by atoms with van der Waals surface area (Å²) in [6.07, 6.45) is -0.132. The van der Waals surface area contributed by atoms with Crippen LogP contribution in [0.4, 0.5) is 0 Å². The summed E-state index contributed by atoms with van der Waals surface area (Å²) >= 11 is 0. The number of fused-ring (bicyclic) bond motifs is 1. The number of hydrogen-bond donors (Lipinski definition) is 0. The molecule has 1 aromatic rings. The number of benzene rings is 1. The monoisotopic (exact) mass is 400 g/mol. The molecule has 2 atom stereocenters. The van der Waals surface area contributed by atoms with Crippen molar-refractivity contribution in [1.29, 1.82) is 0 Å². The van der Waals surface area contributed by atoms with Crippen LogP contribution in [-0.4, -0.2) is 81.5 Å². The maximum atomic E-state index is 12.7. The molecule has 26 heavy (non-hydrogen) atoms. The SMILES string of the molecule is CCN1CCN(C(=O)CCS(=O)(=O)c2ccccc2)[C@H]2CS(=O)(=O)C[C@H]21. The summed E-state index contributed by atoms with van der Waals surface area (Å²) in [4.78, 5) is 16.6. The number of carbonyl (C=O) groups is 1. The number of amides is 1. The van der Waals surface area contributed by atoms with E-state index in [1.54, 1.807) is 23.1 Å². The lowest BCUT2D eigenvalue weighted by Gasteiger charge is -2.43. The molecule has 0 aromatic heterocycles. The second kappa shape index (κ2) is 7.28. The molecule has 2 aliphatic rings. The van der Waals surface area contributed by atoms with Crippen molar-refractivity contribution in [1.82, 2.24) is 9.80 Å². The van der Waals surface area contributed by atoms with Crippen molar-refractivity contribution < 1.29 is 21.6 Å². The summed E-state index contributed by atoms with van der Waals surface area (Å²) in [5, 5.41) is 0. The van der Waals surface area contributed by atoms with Crippen LogP contribution >= 0.6 is 0 Å². The lowest BCUT2D eigenvalue weighted by molar-refractivity contribution is -0.136. The summed E-state index contributed by atoms with van der Waals surface area (Å²) in [5.41, 5.74) is 0. The number of piperazine rings is 1. The van der Waals surface area contributed by atoms with E-state index >= 15 is 0 Å². The Balaban J connectivity index is 1.70. The fraction of sp³-hybridized carbons (Fsp3) is 0.588. The van der Waals surface area contributed by atoms with Crippen molar-refractivity contribution in [2.24, 2.45) is 0 Å². The van der Waals surface area contributed by atoms with Gasteiger partial charge in [0.1, 0.15) is 0 Å². The van der Waals surface area contributed by atoms with Gasteiger partial charge in [0.25, 0.3) is 0 Å². The second-order valence-electron chi connectivity index (χ2n) is 6.81. The highest BCUT2D eigenvalue weighted by molar-refractivity contribution is 7.91. The molecule has 0 aliphatic carbocycles. The third kappa shape index (κ3) is 3.94. The third-order valence-corrected chi connectivity index (χ3v) is 8.64. The van der Waals surface area contributed by atoms with Crippen LogP contribution in [0.1, 0.15) is 13.3 Å². The zero-order valence-corrected chi connectivity index (χ0v) is 16.4. The van der Waals surface area contributed by atoms with E-state index in [2.05, 4.69) is 4.90 Å². The quantitative estimate of drug-likeness (QED) is 0.700. The zero-order valence-electron chi connectivity index (χ0n) is 14.7. The fourth-order valence-corrected chi connectivity index (χ4v) is 7.10. The maximum Gasteiger partial charge on any atom is 0.223 e. The molecule has 1 aromatic carbocycles. The Labute approximate surface area is 154 Å². The molecule has 0 unspecified atom stereocenters. The minimum Gasteiger partial charge on any atom is -0.336 e. The molecule has 2 fully saturated rings. The number of carbonyl (C=O) groups excluding carboxylic acids is 1. The number of hydrogen-bond acceptors (Lipinski definition) is 6. The second-order valence-corrected chi connectivity index (χ2v) is 11.1. The van der Waals surface area contributed by atoms with Gasteiger partial charge in [-0.2, -0.15) is 0 Å². The largest absolute Gasteiger partial charge is 0.336 e. The molecule has 1 amide bonds. The number of sulfone groups is 2. The minimum absolute atomic E-state index is 0.0364. The first-order chi connectivity index (χ1) is 12.2. The van der Waals surface area contributed by atoms with E-state index in [9.17, 15) is 21.6 Å². The van der Waals surface area contributed by atoms with Crippen LogP contribution in [-0.2, 0) is 24.5 Å². The van der Waals surface area contributed by atoms with Crippen LogP contribution in [0.25, 0.3) is 0 Å². The van der Waals surface area contributed by atoms with Gasteiger partial charge in [-0.25, -0.2) is 16.8 Å². The van der Waals surface area contributed by atoms with Gasteiger partial charge in [-0.3, -0.25) is 9.69 Å². The highest BCUT2D eigenvalue weighted by atomic mass is 32.2. The summed E-state index contributed by atoms with van der Waals surface area (Å²) in [7, 11) is -6.71.